The van der Waals surface area contributed by atoms with Gasteiger partial charge in [0.1, 0.15) is 0 Å². The van der Waals surface area contributed by atoms with Crippen LogP contribution in [0.4, 0.5) is 0 Å². The van der Waals surface area contributed by atoms with Gasteiger partial charge in [0.2, 0.25) is 0 Å². The summed E-state index contributed by atoms with van der Waals surface area (Å²) in [6.07, 6.45) is 6.88. The van der Waals surface area contributed by atoms with Crippen LogP contribution in [-0.2, 0) is 11.3 Å². The van der Waals surface area contributed by atoms with Crippen LogP contribution in [0.5, 0.6) is 0 Å². The topological polar surface area (TPSA) is 66.0 Å². The van der Waals surface area contributed by atoms with Gasteiger partial charge in [0.15, 0.2) is 0 Å². The van der Waals surface area contributed by atoms with Crippen molar-refractivity contribution in [2.24, 2.45) is 5.73 Å². The number of rotatable bonds is 4. The highest BCUT2D eigenvalue weighted by Crippen LogP contribution is 2.21. The molecule has 0 bridgehead atoms. The Morgan fingerprint density at radius 3 is 2.53 bits per heavy atom. The van der Waals surface area contributed by atoms with Crippen LogP contribution in [0.2, 0.25) is 0 Å². The number of nitrogens with two attached hydrogens (primary N) is 1. The van der Waals surface area contributed by atoms with Gasteiger partial charge in [-0.1, -0.05) is 12.1 Å². The summed E-state index contributed by atoms with van der Waals surface area (Å²) in [5.41, 5.74) is 8.08. The molecule has 0 aliphatic heterocycles. The maximum atomic E-state index is 5.99. The number of nitrogens with zero attached hydrogens (tertiary/aromatic N) is 3. The maximum absolute atomic E-state index is 5.99. The van der Waals surface area contributed by atoms with E-state index in [4.69, 9.17) is 10.5 Å². The molecule has 0 radical (unpaired) electrons. The van der Waals surface area contributed by atoms with Crippen LogP contribution in [0, 0.1) is 0 Å². The quantitative estimate of drug-likeness (QED) is 0.905. The number of aromatic nitrogens is 3. The van der Waals surface area contributed by atoms with Crippen molar-refractivity contribution >= 4 is 0 Å². The molecule has 1 fully saturated rings. The monoisotopic (exact) mass is 258 g/mol. The summed E-state index contributed by atoms with van der Waals surface area (Å²) in [6, 6.07) is 8.27. The zero-order chi connectivity index (χ0) is 13.1. The number of benzene rings is 1. The first-order valence-corrected chi connectivity index (χ1v) is 6.66. The molecule has 1 aromatic carbocycles. The van der Waals surface area contributed by atoms with Crippen molar-refractivity contribution in [3.05, 3.63) is 42.2 Å². The summed E-state index contributed by atoms with van der Waals surface area (Å²) >= 11 is 0. The van der Waals surface area contributed by atoms with Gasteiger partial charge in [-0.15, -0.1) is 0 Å². The van der Waals surface area contributed by atoms with Crippen molar-refractivity contribution in [1.29, 1.82) is 0 Å². The van der Waals surface area contributed by atoms with Crippen LogP contribution >= 0.6 is 0 Å². The van der Waals surface area contributed by atoms with Crippen LogP contribution in [0.25, 0.3) is 5.69 Å². The van der Waals surface area contributed by atoms with E-state index in [1.807, 2.05) is 24.3 Å². The molecule has 1 heterocycles. The van der Waals surface area contributed by atoms with Gasteiger partial charge in [0.05, 0.1) is 30.8 Å². The van der Waals surface area contributed by atoms with Gasteiger partial charge in [-0.05, 0) is 37.0 Å². The van der Waals surface area contributed by atoms with E-state index >= 15 is 0 Å². The average molecular weight is 258 g/mol. The predicted octanol–water partition coefficient (Wildman–Crippen LogP) is 1.66. The highest BCUT2D eigenvalue weighted by Gasteiger charge is 2.24. The molecule has 2 aromatic rings. The van der Waals surface area contributed by atoms with E-state index in [1.165, 1.54) is 6.42 Å². The highest BCUT2D eigenvalue weighted by molar-refractivity contribution is 5.32. The maximum Gasteiger partial charge on any atom is 0.0856 e. The fourth-order valence-corrected chi connectivity index (χ4v) is 2.44. The Hall–Kier alpha value is -1.72. The molecule has 0 amide bonds. The molecule has 0 unspecified atom stereocenters. The van der Waals surface area contributed by atoms with E-state index in [2.05, 4.69) is 10.2 Å². The Morgan fingerprint density at radius 1 is 1.16 bits per heavy atom. The fourth-order valence-electron chi connectivity index (χ4n) is 2.44. The number of hydrogen-bond acceptors (Lipinski definition) is 4. The molecular formula is C14H18N4O. The molecular weight excluding hydrogens is 240 g/mol. The van der Waals surface area contributed by atoms with E-state index in [9.17, 15) is 0 Å². The summed E-state index contributed by atoms with van der Waals surface area (Å²) in [6.45, 7) is 0.616. The first-order valence-electron chi connectivity index (χ1n) is 6.66. The predicted molar refractivity (Wildman–Crippen MR) is 71.8 cm³/mol. The molecule has 1 saturated carbocycles. The largest absolute Gasteiger partial charge is 0.372 e. The lowest BCUT2D eigenvalue weighted by Gasteiger charge is -2.16. The minimum absolute atomic E-state index is 0.201. The molecule has 1 aliphatic rings. The Bertz CT molecular complexity index is 509. The summed E-state index contributed by atoms with van der Waals surface area (Å²) in [7, 11) is 0. The molecule has 0 saturated heterocycles. The van der Waals surface area contributed by atoms with E-state index in [-0.39, 0.29) is 12.1 Å². The Kier molecular flexibility index (Phi) is 3.57. The van der Waals surface area contributed by atoms with Crippen LogP contribution in [0.15, 0.2) is 36.7 Å². The number of ether oxygens (including phenoxy) is 1. The summed E-state index contributed by atoms with van der Waals surface area (Å²) in [5.74, 6) is 0. The third-order valence-electron chi connectivity index (χ3n) is 3.55. The highest BCUT2D eigenvalue weighted by atomic mass is 16.5. The second-order valence-corrected chi connectivity index (χ2v) is 4.93. The van der Waals surface area contributed by atoms with Gasteiger partial charge in [0.25, 0.3) is 0 Å². The lowest BCUT2D eigenvalue weighted by Crippen LogP contribution is -2.31. The third-order valence-corrected chi connectivity index (χ3v) is 3.55. The van der Waals surface area contributed by atoms with Crippen molar-refractivity contribution in [2.75, 3.05) is 0 Å². The Labute approximate surface area is 112 Å². The average Bonchev–Trinajstić information content (AvgIpc) is 3.09. The third kappa shape index (κ3) is 2.83. The zero-order valence-electron chi connectivity index (χ0n) is 10.8. The summed E-state index contributed by atoms with van der Waals surface area (Å²) < 4.78 is 5.87. The normalized spacial score (nSPS) is 22.8. The van der Waals surface area contributed by atoms with Gasteiger partial charge < -0.3 is 10.5 Å². The SMILES string of the molecule is N[C@H]1CCC[C@@H]1OCc1ccc(-n2nccn2)cc1. The molecule has 2 N–H and O–H groups in total. The van der Waals surface area contributed by atoms with Crippen LogP contribution in [-0.4, -0.2) is 27.1 Å². The molecule has 1 aromatic heterocycles. The summed E-state index contributed by atoms with van der Waals surface area (Å²) in [4.78, 5) is 1.59. The lowest BCUT2D eigenvalue weighted by molar-refractivity contribution is 0.0357. The first kappa shape index (κ1) is 12.3. The van der Waals surface area contributed by atoms with Gasteiger partial charge in [0, 0.05) is 6.04 Å². The van der Waals surface area contributed by atoms with Crippen LogP contribution in [0.1, 0.15) is 24.8 Å². The fraction of sp³-hybridized carbons (Fsp3) is 0.429. The molecule has 5 heteroatoms. The number of hydrogen-bond donors (Lipinski definition) is 1. The van der Waals surface area contributed by atoms with Gasteiger partial charge in [-0.3, -0.25) is 0 Å². The van der Waals surface area contributed by atoms with Gasteiger partial charge in [-0.25, -0.2) is 0 Å². The van der Waals surface area contributed by atoms with E-state index in [0.29, 0.717) is 6.61 Å². The second kappa shape index (κ2) is 5.50. The summed E-state index contributed by atoms with van der Waals surface area (Å²) in [5, 5.41) is 8.19. The van der Waals surface area contributed by atoms with Gasteiger partial charge in [-0.2, -0.15) is 15.0 Å². The zero-order valence-corrected chi connectivity index (χ0v) is 10.8. The minimum Gasteiger partial charge on any atom is -0.372 e. The Morgan fingerprint density at radius 2 is 1.89 bits per heavy atom. The molecule has 3 rings (SSSR count). The molecule has 100 valence electrons. The molecule has 2 atom stereocenters. The van der Waals surface area contributed by atoms with E-state index in [1.54, 1.807) is 17.2 Å². The van der Waals surface area contributed by atoms with Crippen molar-refractivity contribution < 1.29 is 4.74 Å². The molecule has 1 aliphatic carbocycles. The van der Waals surface area contributed by atoms with Crippen molar-refractivity contribution in [1.82, 2.24) is 15.0 Å². The van der Waals surface area contributed by atoms with E-state index in [0.717, 1.165) is 24.1 Å². The molecule has 5 nitrogen and oxygen atoms in total. The lowest BCUT2D eigenvalue weighted by atomic mass is 10.2. The van der Waals surface area contributed by atoms with Crippen molar-refractivity contribution in [3.63, 3.8) is 0 Å². The Balaban J connectivity index is 1.60. The van der Waals surface area contributed by atoms with Crippen molar-refractivity contribution in [3.8, 4) is 5.69 Å². The van der Waals surface area contributed by atoms with Gasteiger partial charge >= 0.3 is 0 Å². The molecule has 0 spiro atoms. The van der Waals surface area contributed by atoms with Crippen LogP contribution < -0.4 is 5.73 Å². The smallest absolute Gasteiger partial charge is 0.0856 e. The standard InChI is InChI=1S/C14H18N4O/c15-13-2-1-3-14(13)19-10-11-4-6-12(7-5-11)18-16-8-9-17-18/h4-9,13-14H,1-3,10,15H2/t13-,14-/m0/s1. The molecule has 19 heavy (non-hydrogen) atoms. The second-order valence-electron chi connectivity index (χ2n) is 4.93. The first-order chi connectivity index (χ1) is 9.33. The minimum atomic E-state index is 0.201. The van der Waals surface area contributed by atoms with E-state index < -0.39 is 0 Å². The van der Waals surface area contributed by atoms with Crippen molar-refractivity contribution in [2.45, 2.75) is 38.0 Å². The van der Waals surface area contributed by atoms with Crippen LogP contribution in [0.3, 0.4) is 0 Å².